The van der Waals surface area contributed by atoms with Gasteiger partial charge in [-0.2, -0.15) is 0 Å². The van der Waals surface area contributed by atoms with E-state index < -0.39 is 0 Å². The van der Waals surface area contributed by atoms with Gasteiger partial charge in [-0.25, -0.2) is 8.78 Å². The van der Waals surface area contributed by atoms with Gasteiger partial charge in [-0.15, -0.1) is 0 Å². The van der Waals surface area contributed by atoms with Crippen molar-refractivity contribution in [1.29, 1.82) is 0 Å². The molecule has 1 aromatic rings. The standard InChI is InChI=1S/C11H12F2/c1-3-4-5-9-8(2)10(12)6-7-11(9)13/h4-7H,3H2,1-2H3/b5-4-. The number of hydrogen-bond donors (Lipinski definition) is 0. The van der Waals surface area contributed by atoms with Gasteiger partial charge in [-0.05, 0) is 31.0 Å². The Hall–Kier alpha value is -1.18. The smallest absolute Gasteiger partial charge is 0.130 e. The summed E-state index contributed by atoms with van der Waals surface area (Å²) in [5, 5.41) is 0. The zero-order chi connectivity index (χ0) is 9.84. The number of benzene rings is 1. The normalized spacial score (nSPS) is 11.1. The quantitative estimate of drug-likeness (QED) is 0.654. The van der Waals surface area contributed by atoms with Crippen molar-refractivity contribution in [2.75, 3.05) is 0 Å². The Bertz CT molecular complexity index is 327. The second kappa shape index (κ2) is 4.17. The van der Waals surface area contributed by atoms with Crippen molar-refractivity contribution in [1.82, 2.24) is 0 Å². The highest BCUT2D eigenvalue weighted by Gasteiger charge is 2.06. The second-order valence-electron chi connectivity index (χ2n) is 2.88. The lowest BCUT2D eigenvalue weighted by atomic mass is 10.1. The van der Waals surface area contributed by atoms with Gasteiger partial charge in [0, 0.05) is 5.56 Å². The highest BCUT2D eigenvalue weighted by atomic mass is 19.1. The fraction of sp³-hybridized carbons (Fsp3) is 0.273. The fourth-order valence-corrected chi connectivity index (χ4v) is 1.11. The van der Waals surface area contributed by atoms with Crippen LogP contribution in [-0.4, -0.2) is 0 Å². The first-order valence-corrected chi connectivity index (χ1v) is 4.28. The van der Waals surface area contributed by atoms with E-state index >= 15 is 0 Å². The molecule has 0 fully saturated rings. The average molecular weight is 182 g/mol. The topological polar surface area (TPSA) is 0 Å². The summed E-state index contributed by atoms with van der Waals surface area (Å²) in [5.74, 6) is -0.735. The molecule has 0 bridgehead atoms. The molecule has 0 aliphatic carbocycles. The largest absolute Gasteiger partial charge is 0.207 e. The average Bonchev–Trinajstić information content (AvgIpc) is 2.12. The molecule has 1 rings (SSSR count). The molecule has 2 heteroatoms. The van der Waals surface area contributed by atoms with Crippen molar-refractivity contribution in [3.8, 4) is 0 Å². The lowest BCUT2D eigenvalue weighted by Gasteiger charge is -2.02. The van der Waals surface area contributed by atoms with Gasteiger partial charge in [0.05, 0.1) is 0 Å². The summed E-state index contributed by atoms with van der Waals surface area (Å²) >= 11 is 0. The first-order valence-electron chi connectivity index (χ1n) is 4.28. The molecule has 1 aromatic carbocycles. The third-order valence-electron chi connectivity index (χ3n) is 1.92. The summed E-state index contributed by atoms with van der Waals surface area (Å²) < 4.78 is 26.1. The van der Waals surface area contributed by atoms with Crippen LogP contribution in [0.5, 0.6) is 0 Å². The maximum absolute atomic E-state index is 13.1. The van der Waals surface area contributed by atoms with Crippen LogP contribution in [0, 0.1) is 18.6 Å². The Balaban J connectivity index is 3.17. The van der Waals surface area contributed by atoms with Crippen molar-refractivity contribution in [2.45, 2.75) is 20.3 Å². The molecule has 0 amide bonds. The van der Waals surface area contributed by atoms with Crippen LogP contribution in [-0.2, 0) is 0 Å². The third-order valence-corrected chi connectivity index (χ3v) is 1.92. The molecule has 0 unspecified atom stereocenters. The summed E-state index contributed by atoms with van der Waals surface area (Å²) in [5.41, 5.74) is 0.714. The van der Waals surface area contributed by atoms with Crippen LogP contribution in [0.2, 0.25) is 0 Å². The summed E-state index contributed by atoms with van der Waals surface area (Å²) in [7, 11) is 0. The van der Waals surface area contributed by atoms with Gasteiger partial charge in [-0.3, -0.25) is 0 Å². The van der Waals surface area contributed by atoms with Gasteiger partial charge >= 0.3 is 0 Å². The molecule has 0 aromatic heterocycles. The van der Waals surface area contributed by atoms with Crippen LogP contribution in [0.15, 0.2) is 18.2 Å². The Morgan fingerprint density at radius 1 is 1.23 bits per heavy atom. The first-order chi connectivity index (χ1) is 6.16. The molecule has 0 heterocycles. The van der Waals surface area contributed by atoms with Crippen molar-refractivity contribution < 1.29 is 8.78 Å². The molecule has 0 N–H and O–H groups in total. The Kier molecular flexibility index (Phi) is 3.18. The number of rotatable bonds is 2. The van der Waals surface area contributed by atoms with Gasteiger partial charge in [0.1, 0.15) is 11.6 Å². The Morgan fingerprint density at radius 2 is 1.85 bits per heavy atom. The predicted octanol–water partition coefficient (Wildman–Crippen LogP) is 3.70. The minimum absolute atomic E-state index is 0.349. The fourth-order valence-electron chi connectivity index (χ4n) is 1.11. The Morgan fingerprint density at radius 3 is 2.46 bits per heavy atom. The summed E-state index contributed by atoms with van der Waals surface area (Å²) in [6, 6.07) is 2.30. The summed E-state index contributed by atoms with van der Waals surface area (Å²) in [6.45, 7) is 3.52. The van der Waals surface area contributed by atoms with Crippen molar-refractivity contribution in [3.05, 3.63) is 41.0 Å². The number of halogens is 2. The van der Waals surface area contributed by atoms with Crippen LogP contribution in [0.1, 0.15) is 24.5 Å². The Labute approximate surface area is 76.9 Å². The van der Waals surface area contributed by atoms with E-state index in [1.165, 1.54) is 0 Å². The van der Waals surface area contributed by atoms with E-state index in [9.17, 15) is 8.78 Å². The molecule has 13 heavy (non-hydrogen) atoms. The van der Waals surface area contributed by atoms with E-state index in [2.05, 4.69) is 0 Å². The van der Waals surface area contributed by atoms with Crippen LogP contribution in [0.4, 0.5) is 8.78 Å². The third kappa shape index (κ3) is 2.14. The van der Waals surface area contributed by atoms with E-state index in [4.69, 9.17) is 0 Å². The lowest BCUT2D eigenvalue weighted by molar-refractivity contribution is 0.590. The van der Waals surface area contributed by atoms with Gasteiger partial charge in [-0.1, -0.05) is 19.1 Å². The van der Waals surface area contributed by atoms with Gasteiger partial charge in [0.15, 0.2) is 0 Å². The van der Waals surface area contributed by atoms with E-state index in [0.29, 0.717) is 11.1 Å². The first kappa shape index (κ1) is 9.90. The van der Waals surface area contributed by atoms with Crippen LogP contribution in [0.25, 0.3) is 6.08 Å². The van der Waals surface area contributed by atoms with E-state index in [-0.39, 0.29) is 11.6 Å². The maximum atomic E-state index is 13.1. The molecular formula is C11H12F2. The minimum atomic E-state index is -0.372. The lowest BCUT2D eigenvalue weighted by Crippen LogP contribution is -1.91. The highest BCUT2D eigenvalue weighted by molar-refractivity contribution is 5.54. The molecule has 0 aliphatic rings. The molecule has 0 nitrogen and oxygen atoms in total. The van der Waals surface area contributed by atoms with Crippen LogP contribution >= 0.6 is 0 Å². The molecule has 0 saturated heterocycles. The summed E-state index contributed by atoms with van der Waals surface area (Å²) in [4.78, 5) is 0. The molecule has 0 spiro atoms. The second-order valence-corrected chi connectivity index (χ2v) is 2.88. The zero-order valence-electron chi connectivity index (χ0n) is 7.77. The molecule has 70 valence electrons. The van der Waals surface area contributed by atoms with E-state index in [1.54, 1.807) is 13.0 Å². The van der Waals surface area contributed by atoms with Gasteiger partial charge < -0.3 is 0 Å². The number of allylic oxidation sites excluding steroid dienone is 1. The molecular weight excluding hydrogens is 170 g/mol. The molecule has 0 atom stereocenters. The molecule has 0 saturated carbocycles. The summed E-state index contributed by atoms with van der Waals surface area (Å²) in [6.07, 6.45) is 4.24. The highest BCUT2D eigenvalue weighted by Crippen LogP contribution is 2.17. The maximum Gasteiger partial charge on any atom is 0.130 e. The van der Waals surface area contributed by atoms with Crippen LogP contribution < -0.4 is 0 Å². The van der Waals surface area contributed by atoms with Crippen molar-refractivity contribution >= 4 is 6.08 Å². The minimum Gasteiger partial charge on any atom is -0.207 e. The molecule has 0 aliphatic heterocycles. The van der Waals surface area contributed by atoms with E-state index in [0.717, 1.165) is 18.6 Å². The predicted molar refractivity (Wildman–Crippen MR) is 50.4 cm³/mol. The van der Waals surface area contributed by atoms with Gasteiger partial charge in [0.25, 0.3) is 0 Å². The van der Waals surface area contributed by atoms with Crippen molar-refractivity contribution in [3.63, 3.8) is 0 Å². The molecule has 0 radical (unpaired) electrons. The van der Waals surface area contributed by atoms with Crippen LogP contribution in [0.3, 0.4) is 0 Å². The van der Waals surface area contributed by atoms with Gasteiger partial charge in [0.2, 0.25) is 0 Å². The SMILES string of the molecule is CC/C=C\c1c(F)ccc(F)c1C. The zero-order valence-corrected chi connectivity index (χ0v) is 7.77. The van der Waals surface area contributed by atoms with E-state index in [1.807, 2.05) is 13.0 Å². The number of hydrogen-bond acceptors (Lipinski definition) is 0. The van der Waals surface area contributed by atoms with Crippen molar-refractivity contribution in [2.24, 2.45) is 0 Å². The monoisotopic (exact) mass is 182 g/mol.